The normalized spacial score (nSPS) is 11.1. The van der Waals surface area contributed by atoms with Crippen LogP contribution in [0.4, 0.5) is 5.69 Å². The Balaban J connectivity index is 1.49. The lowest BCUT2D eigenvalue weighted by atomic mass is 10.1. The molecule has 0 saturated carbocycles. The molecule has 8 nitrogen and oxygen atoms in total. The monoisotopic (exact) mass is 391 g/mol. The minimum Gasteiger partial charge on any atom is -0.398 e. The van der Waals surface area contributed by atoms with Crippen molar-refractivity contribution in [1.29, 1.82) is 0 Å². The van der Waals surface area contributed by atoms with Crippen molar-refractivity contribution in [2.45, 2.75) is 27.3 Å². The maximum Gasteiger partial charge on any atom is 0.251 e. The van der Waals surface area contributed by atoms with E-state index in [0.717, 1.165) is 34.1 Å². The first-order valence-corrected chi connectivity index (χ1v) is 9.38. The quantitative estimate of drug-likeness (QED) is 0.508. The van der Waals surface area contributed by atoms with Gasteiger partial charge in [-0.3, -0.25) is 9.20 Å². The topological polar surface area (TPSA) is 102 Å². The van der Waals surface area contributed by atoms with Crippen LogP contribution in [-0.2, 0) is 6.54 Å². The lowest BCUT2D eigenvalue weighted by Gasteiger charge is -2.06. The summed E-state index contributed by atoms with van der Waals surface area (Å²) in [6.45, 7) is 6.93. The van der Waals surface area contributed by atoms with Crippen LogP contribution in [0.1, 0.15) is 27.5 Å². The minimum atomic E-state index is -0.136. The van der Waals surface area contributed by atoms with Crippen molar-refractivity contribution in [2.75, 3.05) is 12.3 Å². The number of aryl methyl sites for hydroxylation is 3. The van der Waals surface area contributed by atoms with Gasteiger partial charge in [-0.25, -0.2) is 9.55 Å². The summed E-state index contributed by atoms with van der Waals surface area (Å²) in [6.07, 6.45) is 5.53. The molecule has 0 radical (unpaired) electrons. The second-order valence-electron chi connectivity index (χ2n) is 7.04. The van der Waals surface area contributed by atoms with Gasteiger partial charge in [0.2, 0.25) is 0 Å². The molecule has 0 fully saturated rings. The van der Waals surface area contributed by atoms with Gasteiger partial charge in [0.1, 0.15) is 11.4 Å². The number of nitrogens with one attached hydrogen (secondary N) is 1. The highest BCUT2D eigenvalue weighted by Gasteiger charge is 2.17. The summed E-state index contributed by atoms with van der Waals surface area (Å²) < 4.78 is 9.23. The maximum absolute atomic E-state index is 12.6. The van der Waals surface area contributed by atoms with Crippen LogP contribution in [0.3, 0.4) is 0 Å². The molecule has 0 atom stereocenters. The number of imidazole rings is 1. The van der Waals surface area contributed by atoms with Crippen LogP contribution in [0.25, 0.3) is 16.9 Å². The Hall–Kier alpha value is -3.68. The zero-order valence-electron chi connectivity index (χ0n) is 16.6. The van der Waals surface area contributed by atoms with E-state index < -0.39 is 0 Å². The molecule has 1 amide bonds. The molecule has 4 aromatic heterocycles. The number of anilines is 1. The average molecular weight is 391 g/mol. The second-order valence-corrected chi connectivity index (χ2v) is 7.04. The summed E-state index contributed by atoms with van der Waals surface area (Å²) in [5, 5.41) is 6.96. The number of fused-ring (bicyclic) bond motifs is 1. The Kier molecular flexibility index (Phi) is 4.75. The SMILES string of the molecule is Cc1noc(C)c1-c1cnc2cc(C(=O)NCC[n+]3ccc(N)cc3C)ccn12. The molecular weight excluding hydrogens is 368 g/mol. The largest absolute Gasteiger partial charge is 0.398 e. The Labute approximate surface area is 168 Å². The molecule has 0 unspecified atom stereocenters. The van der Waals surface area contributed by atoms with Gasteiger partial charge in [0.15, 0.2) is 18.4 Å². The number of pyridine rings is 2. The van der Waals surface area contributed by atoms with Gasteiger partial charge in [-0.2, -0.15) is 0 Å². The number of carbonyl (C=O) groups excluding carboxylic acids is 1. The third kappa shape index (κ3) is 3.56. The molecular formula is C21H23N6O2+. The predicted octanol–water partition coefficient (Wildman–Crippen LogP) is 2.21. The van der Waals surface area contributed by atoms with Crippen LogP contribution in [-0.4, -0.2) is 27.0 Å². The van der Waals surface area contributed by atoms with Crippen LogP contribution >= 0.6 is 0 Å². The van der Waals surface area contributed by atoms with E-state index >= 15 is 0 Å². The molecule has 0 aromatic carbocycles. The number of hydrogen-bond acceptors (Lipinski definition) is 5. The van der Waals surface area contributed by atoms with Gasteiger partial charge in [0.05, 0.1) is 29.7 Å². The van der Waals surface area contributed by atoms with Crippen molar-refractivity contribution in [1.82, 2.24) is 19.9 Å². The third-order valence-electron chi connectivity index (χ3n) is 4.98. The lowest BCUT2D eigenvalue weighted by Crippen LogP contribution is -2.42. The third-order valence-corrected chi connectivity index (χ3v) is 4.98. The highest BCUT2D eigenvalue weighted by molar-refractivity contribution is 5.95. The number of nitrogens with zero attached hydrogens (tertiary/aromatic N) is 4. The number of carbonyl (C=O) groups is 1. The average Bonchev–Trinajstić information content (AvgIpc) is 3.25. The zero-order chi connectivity index (χ0) is 20.5. The van der Waals surface area contributed by atoms with Crippen LogP contribution in [0.5, 0.6) is 0 Å². The van der Waals surface area contributed by atoms with Crippen molar-refractivity contribution in [3.8, 4) is 11.3 Å². The van der Waals surface area contributed by atoms with Gasteiger partial charge in [-0.15, -0.1) is 0 Å². The smallest absolute Gasteiger partial charge is 0.251 e. The Morgan fingerprint density at radius 3 is 2.83 bits per heavy atom. The zero-order valence-corrected chi connectivity index (χ0v) is 16.6. The highest BCUT2D eigenvalue weighted by Crippen LogP contribution is 2.27. The fourth-order valence-electron chi connectivity index (χ4n) is 3.46. The lowest BCUT2D eigenvalue weighted by molar-refractivity contribution is -0.700. The van der Waals surface area contributed by atoms with E-state index in [2.05, 4.69) is 15.5 Å². The Morgan fingerprint density at radius 1 is 1.28 bits per heavy atom. The summed E-state index contributed by atoms with van der Waals surface area (Å²) in [6, 6.07) is 7.31. The molecule has 0 saturated heterocycles. The summed E-state index contributed by atoms with van der Waals surface area (Å²) in [5.41, 5.74) is 11.4. The van der Waals surface area contributed by atoms with Gasteiger partial charge in [0, 0.05) is 36.5 Å². The molecule has 4 aromatic rings. The first-order chi connectivity index (χ1) is 13.9. The van der Waals surface area contributed by atoms with Gasteiger partial charge >= 0.3 is 0 Å². The van der Waals surface area contributed by atoms with E-state index in [0.29, 0.717) is 24.3 Å². The fourth-order valence-corrected chi connectivity index (χ4v) is 3.46. The summed E-state index contributed by atoms with van der Waals surface area (Å²) in [4.78, 5) is 17.0. The number of nitrogens with two attached hydrogens (primary N) is 1. The van der Waals surface area contributed by atoms with Crippen LogP contribution in [0.2, 0.25) is 0 Å². The van der Waals surface area contributed by atoms with Crippen molar-refractivity contribution in [3.63, 3.8) is 0 Å². The van der Waals surface area contributed by atoms with Crippen LogP contribution in [0, 0.1) is 20.8 Å². The Bertz CT molecular complexity index is 1190. The van der Waals surface area contributed by atoms with Crippen molar-refractivity contribution >= 4 is 17.2 Å². The number of amides is 1. The molecule has 0 bridgehead atoms. The van der Waals surface area contributed by atoms with E-state index in [9.17, 15) is 4.79 Å². The molecule has 4 heterocycles. The number of hydrogen-bond donors (Lipinski definition) is 2. The van der Waals surface area contributed by atoms with Crippen molar-refractivity contribution < 1.29 is 13.9 Å². The summed E-state index contributed by atoms with van der Waals surface area (Å²) in [7, 11) is 0. The fraction of sp³-hybridized carbons (Fsp3) is 0.238. The number of rotatable bonds is 5. The molecule has 0 aliphatic heterocycles. The van der Waals surface area contributed by atoms with Gasteiger partial charge in [0.25, 0.3) is 5.91 Å². The molecule has 4 rings (SSSR count). The van der Waals surface area contributed by atoms with Crippen LogP contribution in [0.15, 0.2) is 47.4 Å². The van der Waals surface area contributed by atoms with E-state index in [4.69, 9.17) is 10.3 Å². The van der Waals surface area contributed by atoms with Gasteiger partial charge < -0.3 is 15.6 Å². The first kappa shape index (κ1) is 18.7. The van der Waals surface area contributed by atoms with Crippen molar-refractivity contribution in [3.05, 3.63) is 65.6 Å². The van der Waals surface area contributed by atoms with Gasteiger partial charge in [-0.05, 0) is 26.0 Å². The molecule has 8 heteroatoms. The van der Waals surface area contributed by atoms with E-state index in [1.165, 1.54) is 0 Å². The Morgan fingerprint density at radius 2 is 2.10 bits per heavy atom. The van der Waals surface area contributed by atoms with Crippen LogP contribution < -0.4 is 15.6 Å². The molecule has 0 aliphatic rings. The molecule has 3 N–H and O–H groups in total. The van der Waals surface area contributed by atoms with E-state index in [1.807, 2.05) is 54.3 Å². The molecule has 29 heavy (non-hydrogen) atoms. The number of nitrogen functional groups attached to an aromatic ring is 1. The highest BCUT2D eigenvalue weighted by atomic mass is 16.5. The standard InChI is InChI=1S/C21H22N6O2/c1-13-10-17(22)5-7-26(13)9-6-23-21(28)16-4-8-27-18(12-24-19(27)11-16)20-14(2)25-29-15(20)3/h4-5,7-8,10-12,22H,6,9H2,1-3H3,(H,23,28)/p+1. The minimum absolute atomic E-state index is 0.136. The van der Waals surface area contributed by atoms with Gasteiger partial charge in [-0.1, -0.05) is 5.16 Å². The molecule has 0 aliphatic carbocycles. The molecule has 0 spiro atoms. The van der Waals surface area contributed by atoms with E-state index in [-0.39, 0.29) is 5.91 Å². The van der Waals surface area contributed by atoms with Crippen molar-refractivity contribution in [2.24, 2.45) is 0 Å². The predicted molar refractivity (Wildman–Crippen MR) is 108 cm³/mol. The van der Waals surface area contributed by atoms with E-state index in [1.54, 1.807) is 18.3 Å². The first-order valence-electron chi connectivity index (χ1n) is 9.38. The summed E-state index contributed by atoms with van der Waals surface area (Å²) in [5.74, 6) is 0.602. The maximum atomic E-state index is 12.6. The number of aromatic nitrogens is 4. The second kappa shape index (κ2) is 7.38. The molecule has 148 valence electrons. The summed E-state index contributed by atoms with van der Waals surface area (Å²) >= 11 is 0.